The highest BCUT2D eigenvalue weighted by molar-refractivity contribution is 6.05. The summed E-state index contributed by atoms with van der Waals surface area (Å²) < 4.78 is 0. The molecule has 0 aliphatic carbocycles. The van der Waals surface area contributed by atoms with Crippen LogP contribution < -0.4 is 9.80 Å². The van der Waals surface area contributed by atoms with E-state index in [1.54, 1.807) is 0 Å². The van der Waals surface area contributed by atoms with E-state index < -0.39 is 0 Å². The van der Waals surface area contributed by atoms with E-state index in [0.29, 0.717) is 0 Å². The minimum Gasteiger partial charge on any atom is -0.309 e. The normalized spacial score (nSPS) is 11.1. The Kier molecular flexibility index (Phi) is 9.27. The number of aromatic nitrogens is 2. The molecule has 0 bridgehead atoms. The van der Waals surface area contributed by atoms with Gasteiger partial charge in [0.15, 0.2) is 5.82 Å². The van der Waals surface area contributed by atoms with Crippen molar-refractivity contribution in [3.8, 4) is 22.4 Å². The Morgan fingerprint density at radius 1 is 0.426 bits per heavy atom. The summed E-state index contributed by atoms with van der Waals surface area (Å²) in [6, 6.07) is 52.0. The lowest BCUT2D eigenvalue weighted by molar-refractivity contribution is 1.13. The van der Waals surface area contributed by atoms with Crippen LogP contribution in [0.4, 0.5) is 34.3 Å². The maximum absolute atomic E-state index is 5.09. The number of hydrogen-bond donors (Lipinski definition) is 0. The molecular formula is C50H44N4. The molecule has 1 heterocycles. The Hall–Kier alpha value is -6.52. The van der Waals surface area contributed by atoms with Crippen molar-refractivity contribution in [2.24, 2.45) is 0 Å². The van der Waals surface area contributed by atoms with Gasteiger partial charge in [0.1, 0.15) is 0 Å². The van der Waals surface area contributed by atoms with Crippen molar-refractivity contribution in [3.63, 3.8) is 0 Å². The largest absolute Gasteiger partial charge is 0.309 e. The molecule has 7 aromatic carbocycles. The average Bonchev–Trinajstić information content (AvgIpc) is 3.18. The van der Waals surface area contributed by atoms with Gasteiger partial charge in [0.05, 0.1) is 35.1 Å². The van der Waals surface area contributed by atoms with E-state index in [1.807, 2.05) is 30.6 Å². The van der Waals surface area contributed by atoms with E-state index in [0.717, 1.165) is 45.3 Å². The average molecular weight is 701 g/mol. The van der Waals surface area contributed by atoms with E-state index in [1.165, 1.54) is 55.5 Å². The molecule has 0 fully saturated rings. The van der Waals surface area contributed by atoms with E-state index in [9.17, 15) is 0 Å². The Morgan fingerprint density at radius 3 is 1.46 bits per heavy atom. The lowest BCUT2D eigenvalue weighted by Gasteiger charge is -2.33. The minimum atomic E-state index is 0.738. The third-order valence-electron chi connectivity index (χ3n) is 10.2. The van der Waals surface area contributed by atoms with Crippen LogP contribution in [0.15, 0.2) is 158 Å². The predicted octanol–water partition coefficient (Wildman–Crippen LogP) is 13.8. The number of benzene rings is 7. The van der Waals surface area contributed by atoms with Crippen molar-refractivity contribution in [2.45, 2.75) is 41.5 Å². The first-order chi connectivity index (χ1) is 26.3. The molecule has 54 heavy (non-hydrogen) atoms. The maximum Gasteiger partial charge on any atom is 0.156 e. The van der Waals surface area contributed by atoms with Gasteiger partial charge < -0.3 is 4.90 Å². The van der Waals surface area contributed by atoms with Crippen LogP contribution in [0.5, 0.6) is 0 Å². The fourth-order valence-corrected chi connectivity index (χ4v) is 8.12. The van der Waals surface area contributed by atoms with Crippen LogP contribution in [0.2, 0.25) is 0 Å². The third-order valence-corrected chi connectivity index (χ3v) is 10.2. The van der Waals surface area contributed by atoms with E-state index >= 15 is 0 Å². The minimum absolute atomic E-state index is 0.738. The highest BCUT2D eigenvalue weighted by Gasteiger charge is 2.24. The Morgan fingerprint density at radius 2 is 0.926 bits per heavy atom. The van der Waals surface area contributed by atoms with Crippen molar-refractivity contribution in [3.05, 3.63) is 191 Å². The second kappa shape index (κ2) is 14.5. The van der Waals surface area contributed by atoms with Crippen molar-refractivity contribution in [1.29, 1.82) is 0 Å². The molecule has 0 saturated carbocycles. The summed E-state index contributed by atoms with van der Waals surface area (Å²) in [7, 11) is 0. The Balaban J connectivity index is 1.33. The molecular weight excluding hydrogens is 657 g/mol. The van der Waals surface area contributed by atoms with Gasteiger partial charge in [-0.3, -0.25) is 9.88 Å². The number of rotatable bonds is 8. The molecule has 0 spiro atoms. The quantitative estimate of drug-likeness (QED) is 0.158. The summed E-state index contributed by atoms with van der Waals surface area (Å²) in [5.74, 6) is 0.738. The Labute approximate surface area is 319 Å². The number of fused-ring (bicyclic) bond motifs is 1. The van der Waals surface area contributed by atoms with E-state index in [2.05, 4.69) is 179 Å². The van der Waals surface area contributed by atoms with Gasteiger partial charge in [0.25, 0.3) is 0 Å². The van der Waals surface area contributed by atoms with Crippen LogP contribution in [0.1, 0.15) is 33.4 Å². The summed E-state index contributed by atoms with van der Waals surface area (Å²) in [4.78, 5) is 14.7. The molecule has 0 aliphatic heterocycles. The van der Waals surface area contributed by atoms with E-state index in [-0.39, 0.29) is 0 Å². The highest BCUT2D eigenvalue weighted by Crippen LogP contribution is 2.46. The molecule has 8 rings (SSSR count). The second-order valence-electron chi connectivity index (χ2n) is 14.4. The van der Waals surface area contributed by atoms with E-state index in [4.69, 9.17) is 9.97 Å². The fourth-order valence-electron chi connectivity index (χ4n) is 8.12. The molecule has 1 aromatic heterocycles. The number of anilines is 6. The van der Waals surface area contributed by atoms with Crippen LogP contribution in [-0.4, -0.2) is 9.97 Å². The van der Waals surface area contributed by atoms with Gasteiger partial charge in [-0.1, -0.05) is 126 Å². The summed E-state index contributed by atoms with van der Waals surface area (Å²) >= 11 is 0. The smallest absolute Gasteiger partial charge is 0.156 e. The Bertz CT molecular complexity index is 2490. The number of nitrogens with zero attached hydrogens (tertiary/aromatic N) is 4. The van der Waals surface area contributed by atoms with Crippen LogP contribution in [0.25, 0.3) is 33.2 Å². The van der Waals surface area contributed by atoms with Gasteiger partial charge >= 0.3 is 0 Å². The van der Waals surface area contributed by atoms with Crippen LogP contribution in [0, 0.1) is 41.5 Å². The monoisotopic (exact) mass is 700 g/mol. The zero-order chi connectivity index (χ0) is 37.3. The molecule has 0 saturated heterocycles. The first-order valence-corrected chi connectivity index (χ1v) is 18.6. The summed E-state index contributed by atoms with van der Waals surface area (Å²) in [6.45, 7) is 13.2. The van der Waals surface area contributed by atoms with Crippen molar-refractivity contribution < 1.29 is 0 Å². The molecule has 0 aliphatic rings. The van der Waals surface area contributed by atoms with Gasteiger partial charge in [-0.2, -0.15) is 0 Å². The molecule has 4 heteroatoms. The highest BCUT2D eigenvalue weighted by atomic mass is 15.2. The van der Waals surface area contributed by atoms with Gasteiger partial charge in [-0.05, 0) is 110 Å². The lowest BCUT2D eigenvalue weighted by Crippen LogP contribution is -2.17. The standard InChI is InChI=1S/C50H44N4/c1-33-27-35(3)49(36(4)28-33)54(50-37(5)29-34(2)30-38(50)6)43-24-22-42(23-25-43)53(47-32-51-45(31-52-47)40-16-9-7-10-17-40)46-26-21-39-15-13-14-20-44(39)48(46)41-18-11-8-12-19-41/h7-32H,1-6H3. The molecule has 0 atom stereocenters. The van der Waals surface area contributed by atoms with Gasteiger partial charge in [-0.15, -0.1) is 0 Å². The first kappa shape index (κ1) is 34.6. The molecule has 0 unspecified atom stereocenters. The molecule has 0 amide bonds. The molecule has 264 valence electrons. The van der Waals surface area contributed by atoms with Crippen molar-refractivity contribution in [1.82, 2.24) is 9.97 Å². The van der Waals surface area contributed by atoms with Crippen LogP contribution in [-0.2, 0) is 0 Å². The predicted molar refractivity (Wildman–Crippen MR) is 228 cm³/mol. The third kappa shape index (κ3) is 6.52. The summed E-state index contributed by atoms with van der Waals surface area (Å²) in [6.07, 6.45) is 3.77. The summed E-state index contributed by atoms with van der Waals surface area (Å²) in [5, 5.41) is 2.36. The number of aryl methyl sites for hydroxylation is 6. The molecule has 0 radical (unpaired) electrons. The van der Waals surface area contributed by atoms with Gasteiger partial charge in [0, 0.05) is 22.5 Å². The van der Waals surface area contributed by atoms with Crippen molar-refractivity contribution >= 4 is 45.0 Å². The topological polar surface area (TPSA) is 32.3 Å². The zero-order valence-corrected chi connectivity index (χ0v) is 31.8. The second-order valence-corrected chi connectivity index (χ2v) is 14.4. The molecule has 0 N–H and O–H groups in total. The first-order valence-electron chi connectivity index (χ1n) is 18.6. The zero-order valence-electron chi connectivity index (χ0n) is 31.8. The fraction of sp³-hybridized carbons (Fsp3) is 0.120. The molecule has 4 nitrogen and oxygen atoms in total. The summed E-state index contributed by atoms with van der Waals surface area (Å²) in [5.41, 5.74) is 17.2. The van der Waals surface area contributed by atoms with Gasteiger partial charge in [0.2, 0.25) is 0 Å². The lowest BCUT2D eigenvalue weighted by atomic mass is 9.95. The van der Waals surface area contributed by atoms with Crippen molar-refractivity contribution in [2.75, 3.05) is 9.80 Å². The van der Waals surface area contributed by atoms with Crippen LogP contribution >= 0.6 is 0 Å². The molecule has 8 aromatic rings. The maximum atomic E-state index is 5.09. The number of hydrogen-bond acceptors (Lipinski definition) is 4. The van der Waals surface area contributed by atoms with Gasteiger partial charge in [-0.25, -0.2) is 4.98 Å². The van der Waals surface area contributed by atoms with Crippen LogP contribution in [0.3, 0.4) is 0 Å². The SMILES string of the molecule is Cc1cc(C)c(N(c2ccc(N(c3cnc(-c4ccccc4)cn3)c3ccc4ccccc4c3-c3ccccc3)cc2)c2c(C)cc(C)cc2C)c(C)c1.